The molecule has 2 aliphatic carbocycles. The summed E-state index contributed by atoms with van der Waals surface area (Å²) in [6.45, 7) is 4.03. The molecule has 1 aromatic rings. The molecule has 1 aromatic carbocycles. The third-order valence-electron chi connectivity index (χ3n) is 8.07. The second kappa shape index (κ2) is 7.32. The molecule has 5 aliphatic rings. The Morgan fingerprint density at radius 1 is 1.29 bits per heavy atom. The van der Waals surface area contributed by atoms with Crippen LogP contribution in [0.4, 0.5) is 0 Å². The molecule has 2 saturated heterocycles. The van der Waals surface area contributed by atoms with Gasteiger partial charge in [0.1, 0.15) is 0 Å². The predicted octanol–water partition coefficient (Wildman–Crippen LogP) is 3.75. The molecule has 2 fully saturated rings. The van der Waals surface area contributed by atoms with Crippen molar-refractivity contribution < 1.29 is 23.7 Å². The summed E-state index contributed by atoms with van der Waals surface area (Å²) in [5.41, 5.74) is 2.61. The van der Waals surface area contributed by atoms with E-state index in [1.165, 1.54) is 24.5 Å². The highest BCUT2D eigenvalue weighted by atomic mass is 16.6. The van der Waals surface area contributed by atoms with Gasteiger partial charge in [0.15, 0.2) is 11.5 Å². The summed E-state index contributed by atoms with van der Waals surface area (Å²) in [4.78, 5) is 14.2. The molecule has 0 aromatic heterocycles. The van der Waals surface area contributed by atoms with Crippen LogP contribution in [0.25, 0.3) is 0 Å². The molecule has 0 spiro atoms. The molecule has 6 rings (SSSR count). The van der Waals surface area contributed by atoms with Crippen LogP contribution >= 0.6 is 0 Å². The molecule has 0 radical (unpaired) electrons. The third-order valence-corrected chi connectivity index (χ3v) is 8.07. The summed E-state index contributed by atoms with van der Waals surface area (Å²) in [7, 11) is 2.24. The minimum atomic E-state index is -0.305. The van der Waals surface area contributed by atoms with Gasteiger partial charge in [0.25, 0.3) is 0 Å². The van der Waals surface area contributed by atoms with Crippen molar-refractivity contribution in [3.8, 4) is 17.2 Å². The number of benzene rings is 1. The summed E-state index contributed by atoms with van der Waals surface area (Å²) in [6, 6.07) is 2.56. The fraction of sp³-hybridized carbons (Fsp3) is 0.640. The zero-order valence-corrected chi connectivity index (χ0v) is 18.4. The highest BCUT2D eigenvalue weighted by Crippen LogP contribution is 2.63. The normalized spacial score (nSPS) is 35.4. The minimum absolute atomic E-state index is 0.00647. The highest BCUT2D eigenvalue weighted by Gasteiger charge is 2.56. The van der Waals surface area contributed by atoms with Crippen molar-refractivity contribution in [3.05, 3.63) is 29.3 Å². The zero-order valence-electron chi connectivity index (χ0n) is 18.4. The van der Waals surface area contributed by atoms with Crippen molar-refractivity contribution in [1.82, 2.24) is 4.90 Å². The molecule has 0 saturated carbocycles. The summed E-state index contributed by atoms with van der Waals surface area (Å²) in [5.74, 6) is 2.40. The number of fused-ring (bicyclic) bond motifs is 3. The number of ether oxygens (including phenoxy) is 4. The van der Waals surface area contributed by atoms with Crippen LogP contribution in [0.5, 0.6) is 17.2 Å². The summed E-state index contributed by atoms with van der Waals surface area (Å²) < 4.78 is 23.6. The van der Waals surface area contributed by atoms with Crippen molar-refractivity contribution in [1.29, 1.82) is 0 Å². The molecule has 3 aliphatic heterocycles. The van der Waals surface area contributed by atoms with Gasteiger partial charge in [-0.2, -0.15) is 0 Å². The molecule has 6 nitrogen and oxygen atoms in total. The van der Waals surface area contributed by atoms with Crippen LogP contribution in [0.3, 0.4) is 0 Å². The number of carbonyl (C=O) groups is 1. The van der Waals surface area contributed by atoms with Crippen LogP contribution in [-0.4, -0.2) is 55.9 Å². The van der Waals surface area contributed by atoms with E-state index >= 15 is 0 Å². The fourth-order valence-electron chi connectivity index (χ4n) is 6.49. The van der Waals surface area contributed by atoms with Gasteiger partial charge in [-0.1, -0.05) is 12.2 Å². The molecular formula is C25H31NO5. The number of carbonyl (C=O) groups excluding carboxylic acids is 1. The van der Waals surface area contributed by atoms with Crippen LogP contribution in [0.2, 0.25) is 0 Å². The lowest BCUT2D eigenvalue weighted by Gasteiger charge is -2.57. The molecular weight excluding hydrogens is 394 g/mol. The van der Waals surface area contributed by atoms with Gasteiger partial charge in [0, 0.05) is 36.5 Å². The first-order valence-corrected chi connectivity index (χ1v) is 11.7. The van der Waals surface area contributed by atoms with Gasteiger partial charge in [0.05, 0.1) is 18.8 Å². The van der Waals surface area contributed by atoms with Gasteiger partial charge in [-0.25, -0.2) is 0 Å². The van der Waals surface area contributed by atoms with Gasteiger partial charge >= 0.3 is 5.97 Å². The van der Waals surface area contributed by atoms with Crippen LogP contribution in [0.1, 0.15) is 50.2 Å². The van der Waals surface area contributed by atoms with E-state index < -0.39 is 0 Å². The van der Waals surface area contributed by atoms with E-state index in [2.05, 4.69) is 30.2 Å². The van der Waals surface area contributed by atoms with Crippen molar-refractivity contribution >= 4 is 5.97 Å². The van der Waals surface area contributed by atoms with Crippen LogP contribution < -0.4 is 9.47 Å². The number of esters is 1. The minimum Gasteiger partial charge on any atom is -0.445 e. The average Bonchev–Trinajstić information content (AvgIpc) is 3.57. The first-order valence-electron chi connectivity index (χ1n) is 11.7. The first kappa shape index (κ1) is 19.8. The second-order valence-electron chi connectivity index (χ2n) is 9.89. The Morgan fingerprint density at radius 3 is 3.00 bits per heavy atom. The Bertz CT molecular complexity index is 936. The van der Waals surface area contributed by atoms with Crippen molar-refractivity contribution in [2.75, 3.05) is 26.8 Å². The van der Waals surface area contributed by atoms with Gasteiger partial charge in [0.2, 0.25) is 5.75 Å². The van der Waals surface area contributed by atoms with E-state index in [1.54, 1.807) is 0 Å². The lowest BCUT2D eigenvalue weighted by Crippen LogP contribution is -2.60. The van der Waals surface area contributed by atoms with Gasteiger partial charge in [-0.05, 0) is 63.7 Å². The highest BCUT2D eigenvalue weighted by molar-refractivity contribution is 5.77. The van der Waals surface area contributed by atoms with E-state index in [4.69, 9.17) is 18.9 Å². The first-order chi connectivity index (χ1) is 15.0. The maximum atomic E-state index is 11.7. The zero-order chi connectivity index (χ0) is 21.2. The van der Waals surface area contributed by atoms with Crippen LogP contribution in [-0.2, 0) is 26.1 Å². The van der Waals surface area contributed by atoms with Crippen molar-refractivity contribution in [2.24, 2.45) is 5.92 Å². The second-order valence-corrected chi connectivity index (χ2v) is 9.89. The van der Waals surface area contributed by atoms with E-state index in [0.717, 1.165) is 56.8 Å². The molecule has 1 unspecified atom stereocenters. The smallest absolute Gasteiger partial charge is 0.308 e. The number of piperidine rings is 1. The number of likely N-dealkylation sites (N-methyl/N-ethyl adjacent to an activating group) is 1. The molecule has 166 valence electrons. The summed E-state index contributed by atoms with van der Waals surface area (Å²) in [6.07, 6.45) is 11.5. The SMILES string of the molecule is CC(=O)Oc1cc2c(c3c1O3)C[C@@H]1[C@@H]3C=C[C@H](OCC4CCCCO4)C[C@]23CCN1C. The Hall–Kier alpha value is -1.89. The fourth-order valence-corrected chi connectivity index (χ4v) is 6.49. The maximum Gasteiger partial charge on any atom is 0.308 e. The monoisotopic (exact) mass is 425 g/mol. The van der Waals surface area contributed by atoms with Crippen LogP contribution in [0.15, 0.2) is 18.2 Å². The molecule has 0 amide bonds. The van der Waals surface area contributed by atoms with Gasteiger partial charge in [-0.3, -0.25) is 4.79 Å². The molecule has 5 atom stereocenters. The molecule has 3 heterocycles. The Balaban J connectivity index is 1.33. The largest absolute Gasteiger partial charge is 0.445 e. The molecule has 6 heteroatoms. The quantitative estimate of drug-likeness (QED) is 0.322. The molecule has 2 bridgehead atoms. The van der Waals surface area contributed by atoms with E-state index in [9.17, 15) is 4.79 Å². The van der Waals surface area contributed by atoms with E-state index in [-0.39, 0.29) is 23.6 Å². The lowest BCUT2D eigenvalue weighted by molar-refractivity contribution is -0.131. The predicted molar refractivity (Wildman–Crippen MR) is 115 cm³/mol. The van der Waals surface area contributed by atoms with Crippen LogP contribution in [0, 0.1) is 5.92 Å². The van der Waals surface area contributed by atoms with Gasteiger partial charge < -0.3 is 23.8 Å². The summed E-state index contributed by atoms with van der Waals surface area (Å²) >= 11 is 0. The van der Waals surface area contributed by atoms with Crippen molar-refractivity contribution in [2.45, 2.75) is 69.1 Å². The Kier molecular flexibility index (Phi) is 4.67. The lowest BCUT2D eigenvalue weighted by atomic mass is 9.53. The maximum absolute atomic E-state index is 11.7. The Labute approximate surface area is 183 Å². The number of nitrogens with zero attached hydrogens (tertiary/aromatic N) is 1. The standard InChI is InChI=1S/C25H31NO5/c1-15(27)30-22-12-20-18(23-24(22)31-23)11-21-19-7-6-16(13-25(19,20)8-9-26(21)2)29-14-17-5-3-4-10-28-17/h6-7,12,16-17,19,21H,3-5,8-11,13-14H2,1-2H3/t16-,17?,19-,21+,25-/m0/s1. The number of hydrogen-bond donors (Lipinski definition) is 0. The molecule has 0 N–H and O–H groups in total. The van der Waals surface area contributed by atoms with E-state index in [1.807, 2.05) is 0 Å². The third kappa shape index (κ3) is 3.22. The average molecular weight is 426 g/mol. The topological polar surface area (TPSA) is 60.5 Å². The van der Waals surface area contributed by atoms with Crippen molar-refractivity contribution in [3.63, 3.8) is 0 Å². The number of rotatable bonds is 4. The number of hydrogen-bond acceptors (Lipinski definition) is 6. The van der Waals surface area contributed by atoms with E-state index in [0.29, 0.717) is 24.3 Å². The van der Waals surface area contributed by atoms with Gasteiger partial charge in [-0.15, -0.1) is 0 Å². The molecule has 31 heavy (non-hydrogen) atoms. The Morgan fingerprint density at radius 2 is 2.19 bits per heavy atom. The number of likely N-dealkylation sites (tertiary alicyclic amines) is 1. The summed E-state index contributed by atoms with van der Waals surface area (Å²) in [5, 5.41) is 0.